The number of thiophene rings is 1. The molecular formula is C45H27N3O2S2. The summed E-state index contributed by atoms with van der Waals surface area (Å²) in [7, 11) is -3.83. The van der Waals surface area contributed by atoms with E-state index in [0.29, 0.717) is 39.1 Å². The van der Waals surface area contributed by atoms with Gasteiger partial charge in [-0.3, -0.25) is 0 Å². The van der Waals surface area contributed by atoms with E-state index >= 15 is 0 Å². The van der Waals surface area contributed by atoms with Gasteiger partial charge in [0.1, 0.15) is 0 Å². The molecule has 2 aromatic heterocycles. The fourth-order valence-electron chi connectivity index (χ4n) is 7.13. The molecular weight excluding hydrogens is 679 g/mol. The highest BCUT2D eigenvalue weighted by atomic mass is 32.2. The van der Waals surface area contributed by atoms with E-state index in [9.17, 15) is 8.42 Å². The van der Waals surface area contributed by atoms with Crippen LogP contribution in [0.4, 0.5) is 0 Å². The van der Waals surface area contributed by atoms with E-state index in [1.54, 1.807) is 17.4 Å². The number of fused-ring (bicyclic) bond motifs is 6. The number of sulfone groups is 1. The first-order valence-corrected chi connectivity index (χ1v) is 19.2. The number of hydrogen-bond donors (Lipinski definition) is 0. The maximum atomic E-state index is 14.3. The number of rotatable bonds is 5. The molecule has 0 bridgehead atoms. The molecule has 0 saturated carbocycles. The average Bonchev–Trinajstić information content (AvgIpc) is 3.70. The smallest absolute Gasteiger partial charge is 0.207 e. The van der Waals surface area contributed by atoms with Gasteiger partial charge in [-0.05, 0) is 40.5 Å². The summed E-state index contributed by atoms with van der Waals surface area (Å²) in [6, 6.07) is 54.0. The molecule has 10 rings (SSSR count). The summed E-state index contributed by atoms with van der Waals surface area (Å²) in [5, 5.41) is 2.38. The van der Waals surface area contributed by atoms with Gasteiger partial charge < -0.3 is 0 Å². The summed E-state index contributed by atoms with van der Waals surface area (Å²) in [5.41, 5.74) is 7.78. The predicted molar refractivity (Wildman–Crippen MR) is 211 cm³/mol. The topological polar surface area (TPSA) is 72.8 Å². The van der Waals surface area contributed by atoms with Crippen molar-refractivity contribution in [2.24, 2.45) is 0 Å². The van der Waals surface area contributed by atoms with Gasteiger partial charge in [-0.2, -0.15) is 0 Å². The lowest BCUT2D eigenvalue weighted by atomic mass is 9.98. The van der Waals surface area contributed by atoms with Crippen LogP contribution in [0.25, 0.3) is 87.7 Å². The van der Waals surface area contributed by atoms with Crippen LogP contribution in [0.5, 0.6) is 0 Å². The van der Waals surface area contributed by atoms with E-state index in [2.05, 4.69) is 54.6 Å². The molecule has 0 aliphatic carbocycles. The minimum atomic E-state index is -3.83. The van der Waals surface area contributed by atoms with E-state index in [1.807, 2.05) is 103 Å². The lowest BCUT2D eigenvalue weighted by Gasteiger charge is -2.10. The highest BCUT2D eigenvalue weighted by Crippen LogP contribution is 2.47. The molecule has 3 heterocycles. The molecule has 1 aliphatic rings. The third kappa shape index (κ3) is 4.97. The quantitative estimate of drug-likeness (QED) is 0.178. The van der Waals surface area contributed by atoms with Crippen LogP contribution in [0.2, 0.25) is 0 Å². The lowest BCUT2D eigenvalue weighted by molar-refractivity contribution is 0.599. The van der Waals surface area contributed by atoms with E-state index in [-0.39, 0.29) is 4.90 Å². The minimum Gasteiger partial charge on any atom is -0.218 e. The SMILES string of the molecule is O=S1(=O)c2cc(-c3nc(-c4ccccc4)nc(-c4ccc(-c5ccccc5)cc4)n3)ccc2-c2ccc(-c3cccc4c3sc3ccccc34)cc21. The summed E-state index contributed by atoms with van der Waals surface area (Å²) in [5.74, 6) is 1.43. The van der Waals surface area contributed by atoms with Crippen molar-refractivity contribution in [3.8, 4) is 67.5 Å². The normalized spacial score (nSPS) is 12.9. The number of benzene rings is 7. The zero-order chi connectivity index (χ0) is 34.8. The molecule has 9 aromatic rings. The molecule has 246 valence electrons. The Morgan fingerprint density at radius 3 is 1.56 bits per heavy atom. The first-order chi connectivity index (χ1) is 25.5. The van der Waals surface area contributed by atoms with Crippen LogP contribution in [-0.4, -0.2) is 23.4 Å². The molecule has 0 spiro atoms. The van der Waals surface area contributed by atoms with Crippen molar-refractivity contribution >= 4 is 41.3 Å². The zero-order valence-corrected chi connectivity index (χ0v) is 29.2. The van der Waals surface area contributed by atoms with Crippen molar-refractivity contribution in [2.45, 2.75) is 9.79 Å². The van der Waals surface area contributed by atoms with Crippen LogP contribution in [0.3, 0.4) is 0 Å². The van der Waals surface area contributed by atoms with Gasteiger partial charge in [0.05, 0.1) is 9.79 Å². The van der Waals surface area contributed by atoms with Gasteiger partial charge >= 0.3 is 0 Å². The molecule has 0 fully saturated rings. The Kier molecular flexibility index (Phi) is 6.99. The van der Waals surface area contributed by atoms with Gasteiger partial charge in [-0.1, -0.05) is 146 Å². The fraction of sp³-hybridized carbons (Fsp3) is 0. The van der Waals surface area contributed by atoms with Crippen LogP contribution in [0.15, 0.2) is 174 Å². The largest absolute Gasteiger partial charge is 0.218 e. The van der Waals surface area contributed by atoms with Crippen LogP contribution in [0, 0.1) is 0 Å². The Bertz CT molecular complexity index is 2960. The summed E-state index contributed by atoms with van der Waals surface area (Å²) in [6.07, 6.45) is 0. The Morgan fingerprint density at radius 2 is 0.865 bits per heavy atom. The van der Waals surface area contributed by atoms with Crippen molar-refractivity contribution in [3.63, 3.8) is 0 Å². The van der Waals surface area contributed by atoms with Crippen LogP contribution in [-0.2, 0) is 9.84 Å². The first-order valence-electron chi connectivity index (χ1n) is 16.9. The summed E-state index contributed by atoms with van der Waals surface area (Å²) in [4.78, 5) is 15.2. The molecule has 7 heteroatoms. The maximum absolute atomic E-state index is 14.3. The highest BCUT2D eigenvalue weighted by molar-refractivity contribution is 7.92. The van der Waals surface area contributed by atoms with E-state index in [0.717, 1.165) is 38.1 Å². The number of hydrogen-bond acceptors (Lipinski definition) is 6. The molecule has 0 saturated heterocycles. The Labute approximate surface area is 304 Å². The van der Waals surface area contributed by atoms with Crippen molar-refractivity contribution < 1.29 is 8.42 Å². The molecule has 5 nitrogen and oxygen atoms in total. The Morgan fingerprint density at radius 1 is 0.385 bits per heavy atom. The maximum Gasteiger partial charge on any atom is 0.207 e. The van der Waals surface area contributed by atoms with Gasteiger partial charge in [0.2, 0.25) is 9.84 Å². The highest BCUT2D eigenvalue weighted by Gasteiger charge is 2.34. The van der Waals surface area contributed by atoms with Gasteiger partial charge in [-0.15, -0.1) is 11.3 Å². The van der Waals surface area contributed by atoms with Crippen molar-refractivity contribution in [1.82, 2.24) is 15.0 Å². The van der Waals surface area contributed by atoms with Gasteiger partial charge in [0, 0.05) is 48.0 Å². The average molecular weight is 706 g/mol. The molecule has 0 amide bonds. The Balaban J connectivity index is 1.06. The second kappa shape index (κ2) is 11.9. The van der Waals surface area contributed by atoms with Gasteiger partial charge in [-0.25, -0.2) is 23.4 Å². The fourth-order valence-corrected chi connectivity index (χ4v) is 10.1. The van der Waals surface area contributed by atoms with E-state index < -0.39 is 9.84 Å². The van der Waals surface area contributed by atoms with Gasteiger partial charge in [0.15, 0.2) is 17.5 Å². The molecule has 1 aliphatic heterocycles. The number of aromatic nitrogens is 3. The van der Waals surface area contributed by atoms with Crippen LogP contribution in [0.1, 0.15) is 0 Å². The van der Waals surface area contributed by atoms with Crippen LogP contribution < -0.4 is 0 Å². The summed E-state index contributed by atoms with van der Waals surface area (Å²) in [6.45, 7) is 0. The predicted octanol–water partition coefficient (Wildman–Crippen LogP) is 11.4. The minimum absolute atomic E-state index is 0.257. The van der Waals surface area contributed by atoms with Crippen molar-refractivity contribution in [1.29, 1.82) is 0 Å². The lowest BCUT2D eigenvalue weighted by Crippen LogP contribution is -2.01. The third-order valence-electron chi connectivity index (χ3n) is 9.72. The molecule has 0 unspecified atom stereocenters. The van der Waals surface area contributed by atoms with Crippen molar-refractivity contribution in [2.75, 3.05) is 0 Å². The van der Waals surface area contributed by atoms with Crippen LogP contribution >= 0.6 is 11.3 Å². The second-order valence-corrected chi connectivity index (χ2v) is 15.8. The Hall–Kier alpha value is -6.28. The van der Waals surface area contributed by atoms with Crippen molar-refractivity contribution in [3.05, 3.63) is 164 Å². The second-order valence-electron chi connectivity index (χ2n) is 12.8. The third-order valence-corrected chi connectivity index (χ3v) is 12.8. The summed E-state index contributed by atoms with van der Waals surface area (Å²) >= 11 is 1.73. The standard InChI is InChI=1S/C45H27N3O2S2/c49-52(50)40-26-32(34-15-9-16-38-35-14-7-8-17-39(35)51-42(34)38)22-24-36(40)37-25-23-33(27-41(37)52)45-47-43(30-12-5-2-6-13-30)46-44(48-45)31-20-18-29(19-21-31)28-10-3-1-4-11-28/h1-27H. The molecule has 0 atom stereocenters. The molecule has 0 N–H and O–H groups in total. The first kappa shape index (κ1) is 30.5. The molecule has 0 radical (unpaired) electrons. The molecule has 7 aromatic carbocycles. The van der Waals surface area contributed by atoms with E-state index in [1.165, 1.54) is 15.5 Å². The molecule has 52 heavy (non-hydrogen) atoms. The zero-order valence-electron chi connectivity index (χ0n) is 27.6. The van der Waals surface area contributed by atoms with Gasteiger partial charge in [0.25, 0.3) is 0 Å². The summed E-state index contributed by atoms with van der Waals surface area (Å²) < 4.78 is 31.0. The number of nitrogens with zero attached hydrogens (tertiary/aromatic N) is 3. The monoisotopic (exact) mass is 705 g/mol. The van der Waals surface area contributed by atoms with E-state index in [4.69, 9.17) is 15.0 Å².